The molecule has 0 aromatic carbocycles. The lowest BCUT2D eigenvalue weighted by molar-refractivity contribution is 0.0826. The smallest absolute Gasteiger partial charge is 0.0544 e. The van der Waals surface area contributed by atoms with Gasteiger partial charge in [-0.05, 0) is 25.1 Å². The zero-order valence-electron chi connectivity index (χ0n) is 11.5. The van der Waals surface area contributed by atoms with Crippen LogP contribution in [0.2, 0.25) is 0 Å². The fraction of sp³-hybridized carbons (Fsp3) is 0.643. The second-order valence-corrected chi connectivity index (χ2v) is 5.07. The number of pyridine rings is 1. The van der Waals surface area contributed by atoms with Crippen molar-refractivity contribution in [3.63, 3.8) is 0 Å². The molecule has 0 saturated carbocycles. The number of rotatable bonds is 4. The van der Waals surface area contributed by atoms with E-state index in [0.717, 1.165) is 37.4 Å². The Kier molecular flexibility index (Phi) is 4.69. The molecule has 0 bridgehead atoms. The monoisotopic (exact) mass is 248 g/mol. The number of hydrogen-bond acceptors (Lipinski definition) is 4. The maximum absolute atomic E-state index is 5.58. The van der Waals surface area contributed by atoms with E-state index >= 15 is 0 Å². The van der Waals surface area contributed by atoms with E-state index in [1.807, 2.05) is 6.20 Å². The summed E-state index contributed by atoms with van der Waals surface area (Å²) in [6.07, 6.45) is 1.89. The Morgan fingerprint density at radius 1 is 1.39 bits per heavy atom. The standard InChI is InChI=1S/C14H24N4/c1-3-18-7-6-17(10-12(18)2)11-14-5-4-13(8-15)9-16-14/h4-5,9,12H,3,6-8,10-11,15H2,1-2H3. The third kappa shape index (κ3) is 3.28. The highest BCUT2D eigenvalue weighted by atomic mass is 15.3. The van der Waals surface area contributed by atoms with Crippen molar-refractivity contribution in [1.29, 1.82) is 0 Å². The van der Waals surface area contributed by atoms with E-state index in [9.17, 15) is 0 Å². The summed E-state index contributed by atoms with van der Waals surface area (Å²) < 4.78 is 0. The maximum atomic E-state index is 5.58. The summed E-state index contributed by atoms with van der Waals surface area (Å²) in [5.41, 5.74) is 7.82. The van der Waals surface area contributed by atoms with E-state index < -0.39 is 0 Å². The highest BCUT2D eigenvalue weighted by molar-refractivity contribution is 5.13. The molecule has 4 heteroatoms. The van der Waals surface area contributed by atoms with Gasteiger partial charge in [-0.1, -0.05) is 13.0 Å². The van der Waals surface area contributed by atoms with Crippen molar-refractivity contribution in [3.05, 3.63) is 29.6 Å². The van der Waals surface area contributed by atoms with E-state index in [-0.39, 0.29) is 0 Å². The molecule has 18 heavy (non-hydrogen) atoms. The number of likely N-dealkylation sites (N-methyl/N-ethyl adjacent to an activating group) is 1. The Labute approximate surface area is 110 Å². The van der Waals surface area contributed by atoms with Crippen molar-refractivity contribution in [2.75, 3.05) is 26.2 Å². The Balaban J connectivity index is 1.89. The predicted molar refractivity (Wildman–Crippen MR) is 74.1 cm³/mol. The van der Waals surface area contributed by atoms with Crippen molar-refractivity contribution in [3.8, 4) is 0 Å². The quantitative estimate of drug-likeness (QED) is 0.865. The fourth-order valence-electron chi connectivity index (χ4n) is 2.58. The van der Waals surface area contributed by atoms with Gasteiger partial charge in [-0.15, -0.1) is 0 Å². The molecule has 1 aliphatic rings. The van der Waals surface area contributed by atoms with E-state index in [0.29, 0.717) is 12.6 Å². The number of nitrogens with two attached hydrogens (primary N) is 1. The molecule has 0 radical (unpaired) electrons. The van der Waals surface area contributed by atoms with Crippen molar-refractivity contribution in [2.24, 2.45) is 5.73 Å². The number of aromatic nitrogens is 1. The van der Waals surface area contributed by atoms with Gasteiger partial charge in [0.2, 0.25) is 0 Å². The van der Waals surface area contributed by atoms with Gasteiger partial charge >= 0.3 is 0 Å². The summed E-state index contributed by atoms with van der Waals surface area (Å²) in [6, 6.07) is 4.82. The molecule has 2 heterocycles. The summed E-state index contributed by atoms with van der Waals surface area (Å²) in [6.45, 7) is 10.6. The fourth-order valence-corrected chi connectivity index (χ4v) is 2.58. The molecule has 1 saturated heterocycles. The second kappa shape index (κ2) is 6.27. The molecule has 1 unspecified atom stereocenters. The van der Waals surface area contributed by atoms with Crippen LogP contribution in [0.15, 0.2) is 18.3 Å². The van der Waals surface area contributed by atoms with Gasteiger partial charge in [0, 0.05) is 45.0 Å². The molecule has 100 valence electrons. The van der Waals surface area contributed by atoms with Crippen LogP contribution in [0.3, 0.4) is 0 Å². The minimum atomic E-state index is 0.569. The van der Waals surface area contributed by atoms with E-state index in [1.54, 1.807) is 0 Å². The Morgan fingerprint density at radius 3 is 2.78 bits per heavy atom. The molecule has 0 aliphatic carbocycles. The van der Waals surface area contributed by atoms with Crippen LogP contribution in [-0.4, -0.2) is 47.0 Å². The van der Waals surface area contributed by atoms with Crippen molar-refractivity contribution >= 4 is 0 Å². The first-order chi connectivity index (χ1) is 8.72. The van der Waals surface area contributed by atoms with Crippen LogP contribution in [0.25, 0.3) is 0 Å². The first-order valence-corrected chi connectivity index (χ1v) is 6.83. The van der Waals surface area contributed by atoms with Crippen molar-refractivity contribution < 1.29 is 0 Å². The van der Waals surface area contributed by atoms with Crippen molar-refractivity contribution in [1.82, 2.24) is 14.8 Å². The Bertz CT molecular complexity index is 363. The maximum Gasteiger partial charge on any atom is 0.0544 e. The zero-order valence-corrected chi connectivity index (χ0v) is 11.5. The summed E-state index contributed by atoms with van der Waals surface area (Å²) >= 11 is 0. The SMILES string of the molecule is CCN1CCN(Cc2ccc(CN)cn2)CC1C. The number of piperazine rings is 1. The molecule has 2 N–H and O–H groups in total. The first-order valence-electron chi connectivity index (χ1n) is 6.83. The summed E-state index contributed by atoms with van der Waals surface area (Å²) in [5, 5.41) is 0. The van der Waals surface area contributed by atoms with Crippen molar-refractivity contribution in [2.45, 2.75) is 33.0 Å². The molecule has 2 rings (SSSR count). The molecule has 1 aromatic heterocycles. The van der Waals surface area contributed by atoms with Gasteiger partial charge in [0.1, 0.15) is 0 Å². The van der Waals surface area contributed by atoms with E-state index in [1.165, 1.54) is 6.54 Å². The molecule has 1 aromatic rings. The highest BCUT2D eigenvalue weighted by Crippen LogP contribution is 2.12. The van der Waals surface area contributed by atoms with Gasteiger partial charge in [-0.3, -0.25) is 14.8 Å². The van der Waals surface area contributed by atoms with Gasteiger partial charge in [0.15, 0.2) is 0 Å². The van der Waals surface area contributed by atoms with Crippen LogP contribution in [0.4, 0.5) is 0 Å². The molecule has 0 amide bonds. The Morgan fingerprint density at radius 2 is 2.22 bits per heavy atom. The van der Waals surface area contributed by atoms with E-state index in [2.05, 4.69) is 40.8 Å². The third-order valence-electron chi connectivity index (χ3n) is 3.76. The van der Waals surface area contributed by atoms with Crippen LogP contribution >= 0.6 is 0 Å². The third-order valence-corrected chi connectivity index (χ3v) is 3.76. The Hall–Kier alpha value is -0.970. The highest BCUT2D eigenvalue weighted by Gasteiger charge is 2.22. The topological polar surface area (TPSA) is 45.4 Å². The molecular formula is C14H24N4. The summed E-state index contributed by atoms with van der Waals surface area (Å²) in [7, 11) is 0. The van der Waals surface area contributed by atoms with Crippen LogP contribution in [0.5, 0.6) is 0 Å². The van der Waals surface area contributed by atoms with Crippen LogP contribution in [0.1, 0.15) is 25.1 Å². The average Bonchev–Trinajstić information content (AvgIpc) is 2.40. The average molecular weight is 248 g/mol. The lowest BCUT2D eigenvalue weighted by Gasteiger charge is -2.39. The lowest BCUT2D eigenvalue weighted by atomic mass is 10.1. The predicted octanol–water partition coefficient (Wildman–Crippen LogP) is 1.07. The van der Waals surface area contributed by atoms with Crippen LogP contribution < -0.4 is 5.73 Å². The van der Waals surface area contributed by atoms with Gasteiger partial charge in [-0.25, -0.2) is 0 Å². The molecule has 1 atom stereocenters. The van der Waals surface area contributed by atoms with Gasteiger partial charge in [0.05, 0.1) is 5.69 Å². The van der Waals surface area contributed by atoms with Crippen LogP contribution in [0, 0.1) is 0 Å². The van der Waals surface area contributed by atoms with Gasteiger partial charge < -0.3 is 5.73 Å². The minimum absolute atomic E-state index is 0.569. The molecule has 1 fully saturated rings. The number of hydrogen-bond donors (Lipinski definition) is 1. The minimum Gasteiger partial charge on any atom is -0.326 e. The van der Waals surface area contributed by atoms with Gasteiger partial charge in [0.25, 0.3) is 0 Å². The zero-order chi connectivity index (χ0) is 13.0. The molecule has 0 spiro atoms. The number of nitrogens with zero attached hydrogens (tertiary/aromatic N) is 3. The lowest BCUT2D eigenvalue weighted by Crippen LogP contribution is -2.51. The van der Waals surface area contributed by atoms with Gasteiger partial charge in [-0.2, -0.15) is 0 Å². The first kappa shape index (κ1) is 13.5. The molecule has 1 aliphatic heterocycles. The van der Waals surface area contributed by atoms with Crippen LogP contribution in [-0.2, 0) is 13.1 Å². The summed E-state index contributed by atoms with van der Waals surface area (Å²) in [4.78, 5) is 9.49. The largest absolute Gasteiger partial charge is 0.326 e. The summed E-state index contributed by atoms with van der Waals surface area (Å²) in [5.74, 6) is 0. The molecule has 4 nitrogen and oxygen atoms in total. The molecular weight excluding hydrogens is 224 g/mol. The van der Waals surface area contributed by atoms with E-state index in [4.69, 9.17) is 5.73 Å². The second-order valence-electron chi connectivity index (χ2n) is 5.07. The normalized spacial score (nSPS) is 22.3.